The number of rotatable bonds is 5. The zero-order chi connectivity index (χ0) is 11.4. The van der Waals surface area contributed by atoms with Gasteiger partial charge in [-0.05, 0) is 50.7 Å². The highest BCUT2D eigenvalue weighted by Gasteiger charge is 2.25. The molecule has 2 fully saturated rings. The molecule has 0 saturated carbocycles. The van der Waals surface area contributed by atoms with Crippen LogP contribution in [0.5, 0.6) is 0 Å². The normalized spacial score (nSPS) is 25.7. The van der Waals surface area contributed by atoms with E-state index < -0.39 is 0 Å². The molecule has 0 aromatic carbocycles. The fraction of sp³-hybridized carbons (Fsp3) is 1.00. The van der Waals surface area contributed by atoms with E-state index in [1.54, 1.807) is 0 Å². The molecule has 2 heterocycles. The van der Waals surface area contributed by atoms with E-state index in [4.69, 9.17) is 4.74 Å². The van der Waals surface area contributed by atoms with Gasteiger partial charge in [-0.2, -0.15) is 0 Å². The van der Waals surface area contributed by atoms with Crippen LogP contribution >= 0.6 is 0 Å². The van der Waals surface area contributed by atoms with E-state index in [9.17, 15) is 0 Å². The Bertz CT molecular complexity index is 196. The molecule has 0 bridgehead atoms. The second-order valence-corrected chi connectivity index (χ2v) is 5.67. The van der Waals surface area contributed by atoms with Crippen LogP contribution in [0, 0.1) is 17.8 Å². The maximum absolute atomic E-state index is 5.40. The van der Waals surface area contributed by atoms with Crippen molar-refractivity contribution in [2.24, 2.45) is 17.8 Å². The average molecular weight is 226 g/mol. The van der Waals surface area contributed by atoms with Crippen molar-refractivity contribution < 1.29 is 4.74 Å². The Morgan fingerprint density at radius 2 is 2.00 bits per heavy atom. The van der Waals surface area contributed by atoms with Gasteiger partial charge in [0.25, 0.3) is 0 Å². The fourth-order valence-corrected chi connectivity index (χ4v) is 2.80. The highest BCUT2D eigenvalue weighted by Crippen LogP contribution is 2.19. The lowest BCUT2D eigenvalue weighted by Gasteiger charge is -2.36. The first kappa shape index (κ1) is 12.3. The van der Waals surface area contributed by atoms with Crippen molar-refractivity contribution in [2.45, 2.75) is 19.8 Å². The van der Waals surface area contributed by atoms with Gasteiger partial charge in [-0.15, -0.1) is 0 Å². The highest BCUT2D eigenvalue weighted by molar-refractivity contribution is 4.81. The molecule has 1 unspecified atom stereocenters. The topological polar surface area (TPSA) is 24.5 Å². The van der Waals surface area contributed by atoms with E-state index in [-0.39, 0.29) is 0 Å². The molecular formula is C13H26N2O. The molecule has 0 radical (unpaired) electrons. The van der Waals surface area contributed by atoms with Crippen molar-refractivity contribution in [3.63, 3.8) is 0 Å². The predicted octanol–water partition coefficient (Wildman–Crippen LogP) is 1.20. The van der Waals surface area contributed by atoms with Crippen molar-refractivity contribution in [3.05, 3.63) is 0 Å². The van der Waals surface area contributed by atoms with Gasteiger partial charge in [0.1, 0.15) is 0 Å². The number of hydrogen-bond donors (Lipinski definition) is 1. The maximum atomic E-state index is 5.40. The summed E-state index contributed by atoms with van der Waals surface area (Å²) in [6.45, 7) is 9.31. The average Bonchev–Trinajstić information content (AvgIpc) is 2.15. The molecule has 2 aliphatic heterocycles. The van der Waals surface area contributed by atoms with Crippen molar-refractivity contribution in [2.75, 3.05) is 46.4 Å². The molecule has 1 atom stereocenters. The quantitative estimate of drug-likeness (QED) is 0.762. The molecule has 3 heteroatoms. The Kier molecular flexibility index (Phi) is 4.62. The summed E-state index contributed by atoms with van der Waals surface area (Å²) in [6, 6.07) is 0. The highest BCUT2D eigenvalue weighted by atomic mass is 16.5. The minimum absolute atomic E-state index is 0.839. The Balaban J connectivity index is 1.64. The molecule has 1 N–H and O–H groups in total. The van der Waals surface area contributed by atoms with Crippen LogP contribution < -0.4 is 5.32 Å². The summed E-state index contributed by atoms with van der Waals surface area (Å²) in [5.41, 5.74) is 0. The van der Waals surface area contributed by atoms with Gasteiger partial charge in [0, 0.05) is 26.3 Å². The third-order valence-corrected chi connectivity index (χ3v) is 4.13. The molecule has 0 aliphatic carbocycles. The van der Waals surface area contributed by atoms with Gasteiger partial charge < -0.3 is 15.0 Å². The minimum atomic E-state index is 0.839. The molecule has 16 heavy (non-hydrogen) atoms. The van der Waals surface area contributed by atoms with Gasteiger partial charge in [-0.3, -0.25) is 0 Å². The molecule has 0 aromatic rings. The zero-order valence-electron chi connectivity index (χ0n) is 10.7. The summed E-state index contributed by atoms with van der Waals surface area (Å²) in [7, 11) is 2.28. The van der Waals surface area contributed by atoms with Crippen LogP contribution in [0.4, 0.5) is 0 Å². The van der Waals surface area contributed by atoms with Crippen molar-refractivity contribution in [1.29, 1.82) is 0 Å². The Morgan fingerprint density at radius 3 is 2.56 bits per heavy atom. The third-order valence-electron chi connectivity index (χ3n) is 4.13. The van der Waals surface area contributed by atoms with Gasteiger partial charge in [0.15, 0.2) is 0 Å². The van der Waals surface area contributed by atoms with Crippen LogP contribution in [-0.4, -0.2) is 51.3 Å². The predicted molar refractivity (Wildman–Crippen MR) is 66.6 cm³/mol. The number of ether oxygens (including phenoxy) is 1. The van der Waals surface area contributed by atoms with Crippen LogP contribution in [0.2, 0.25) is 0 Å². The van der Waals surface area contributed by atoms with Crippen molar-refractivity contribution in [3.8, 4) is 0 Å². The lowest BCUT2D eigenvalue weighted by Crippen LogP contribution is -2.48. The largest absolute Gasteiger partial charge is 0.381 e. The summed E-state index contributed by atoms with van der Waals surface area (Å²) in [5, 5.41) is 3.36. The minimum Gasteiger partial charge on any atom is -0.381 e. The lowest BCUT2D eigenvalue weighted by atomic mass is 9.88. The molecule has 2 rings (SSSR count). The SMILES string of the molecule is CC(CN(C)CC1CCOCC1)C1CNC1. The van der Waals surface area contributed by atoms with E-state index in [2.05, 4.69) is 24.2 Å². The standard InChI is InChI=1S/C13H26N2O/c1-11(13-7-14-8-13)9-15(2)10-12-3-5-16-6-4-12/h11-14H,3-10H2,1-2H3. The Hall–Kier alpha value is -0.120. The summed E-state index contributed by atoms with van der Waals surface area (Å²) >= 11 is 0. The van der Waals surface area contributed by atoms with E-state index in [0.29, 0.717) is 0 Å². The van der Waals surface area contributed by atoms with E-state index >= 15 is 0 Å². The van der Waals surface area contributed by atoms with Gasteiger partial charge in [0.05, 0.1) is 0 Å². The summed E-state index contributed by atoms with van der Waals surface area (Å²) in [4.78, 5) is 2.53. The molecular weight excluding hydrogens is 200 g/mol. The van der Waals surface area contributed by atoms with E-state index in [1.165, 1.54) is 39.0 Å². The number of nitrogens with one attached hydrogen (secondary N) is 1. The molecule has 2 aliphatic rings. The summed E-state index contributed by atoms with van der Waals surface area (Å²) in [6.07, 6.45) is 2.51. The van der Waals surface area contributed by atoms with Crippen molar-refractivity contribution >= 4 is 0 Å². The fourth-order valence-electron chi connectivity index (χ4n) is 2.80. The first-order valence-electron chi connectivity index (χ1n) is 6.72. The molecule has 2 saturated heterocycles. The van der Waals surface area contributed by atoms with E-state index in [1.807, 2.05) is 0 Å². The van der Waals surface area contributed by atoms with Crippen molar-refractivity contribution in [1.82, 2.24) is 10.2 Å². The van der Waals surface area contributed by atoms with Gasteiger partial charge in [0.2, 0.25) is 0 Å². The second-order valence-electron chi connectivity index (χ2n) is 5.67. The molecule has 0 amide bonds. The van der Waals surface area contributed by atoms with Crippen LogP contribution in [0.15, 0.2) is 0 Å². The van der Waals surface area contributed by atoms with Crippen LogP contribution in [-0.2, 0) is 4.74 Å². The van der Waals surface area contributed by atoms with Gasteiger partial charge >= 0.3 is 0 Å². The zero-order valence-corrected chi connectivity index (χ0v) is 10.7. The van der Waals surface area contributed by atoms with Crippen LogP contribution in [0.1, 0.15) is 19.8 Å². The summed E-state index contributed by atoms with van der Waals surface area (Å²) in [5.74, 6) is 2.62. The first-order chi connectivity index (χ1) is 7.75. The molecule has 94 valence electrons. The number of nitrogens with zero attached hydrogens (tertiary/aromatic N) is 1. The smallest absolute Gasteiger partial charge is 0.0469 e. The number of hydrogen-bond acceptors (Lipinski definition) is 3. The molecule has 0 aromatic heterocycles. The molecule has 3 nitrogen and oxygen atoms in total. The van der Waals surface area contributed by atoms with Gasteiger partial charge in [-0.25, -0.2) is 0 Å². The molecule has 0 spiro atoms. The second kappa shape index (κ2) is 5.99. The Labute approximate surface area is 99.5 Å². The Morgan fingerprint density at radius 1 is 1.31 bits per heavy atom. The summed E-state index contributed by atoms with van der Waals surface area (Å²) < 4.78 is 5.40. The van der Waals surface area contributed by atoms with Crippen LogP contribution in [0.3, 0.4) is 0 Å². The third kappa shape index (κ3) is 3.44. The lowest BCUT2D eigenvalue weighted by molar-refractivity contribution is 0.0522. The van der Waals surface area contributed by atoms with Gasteiger partial charge in [-0.1, -0.05) is 6.92 Å². The van der Waals surface area contributed by atoms with E-state index in [0.717, 1.165) is 31.0 Å². The first-order valence-corrected chi connectivity index (χ1v) is 6.72. The maximum Gasteiger partial charge on any atom is 0.0469 e. The monoisotopic (exact) mass is 226 g/mol. The van der Waals surface area contributed by atoms with Crippen LogP contribution in [0.25, 0.3) is 0 Å².